The molecule has 1 saturated carbocycles. The van der Waals surface area contributed by atoms with Crippen molar-refractivity contribution in [2.75, 3.05) is 13.1 Å². The summed E-state index contributed by atoms with van der Waals surface area (Å²) in [6, 6.07) is 7.55. The van der Waals surface area contributed by atoms with Crippen LogP contribution in [0.3, 0.4) is 0 Å². The molecule has 1 aromatic rings. The smallest absolute Gasteiger partial charge is 0.122 e. The van der Waals surface area contributed by atoms with Gasteiger partial charge in [0.15, 0.2) is 0 Å². The molecule has 2 aliphatic heterocycles. The van der Waals surface area contributed by atoms with E-state index in [0.717, 1.165) is 31.3 Å². The SMILES string of the molecule is CC1Cc2cc(CNC3CCNCC3)ccc2O[C@@H]1CC1CCCCC1. The summed E-state index contributed by atoms with van der Waals surface area (Å²) in [7, 11) is 0. The first kappa shape index (κ1) is 18.3. The molecule has 1 unspecified atom stereocenters. The van der Waals surface area contributed by atoms with Crippen molar-refractivity contribution in [2.24, 2.45) is 11.8 Å². The standard InChI is InChI=1S/C23H36N2O/c1-17-13-20-14-19(16-25-21-9-11-24-12-10-21)7-8-22(20)26-23(17)15-18-5-3-2-4-6-18/h7-8,14,17-18,21,23-25H,2-6,9-13,15-16H2,1H3/t17?,23-/m1/s1. The predicted molar refractivity (Wildman–Crippen MR) is 108 cm³/mol. The maximum atomic E-state index is 6.47. The van der Waals surface area contributed by atoms with E-state index >= 15 is 0 Å². The number of benzene rings is 1. The van der Waals surface area contributed by atoms with Gasteiger partial charge in [-0.25, -0.2) is 0 Å². The maximum absolute atomic E-state index is 6.47. The first-order valence-corrected chi connectivity index (χ1v) is 11.0. The molecule has 1 saturated heterocycles. The highest BCUT2D eigenvalue weighted by atomic mass is 16.5. The summed E-state index contributed by atoms with van der Waals surface area (Å²) in [5, 5.41) is 7.17. The second-order valence-corrected chi connectivity index (χ2v) is 8.92. The van der Waals surface area contributed by atoms with E-state index in [-0.39, 0.29) is 0 Å². The lowest BCUT2D eigenvalue weighted by Gasteiger charge is -2.35. The van der Waals surface area contributed by atoms with E-state index in [4.69, 9.17) is 4.74 Å². The Bertz CT molecular complexity index is 576. The van der Waals surface area contributed by atoms with Gasteiger partial charge in [-0.1, -0.05) is 51.2 Å². The molecule has 2 atom stereocenters. The molecule has 3 aliphatic rings. The summed E-state index contributed by atoms with van der Waals surface area (Å²) in [5.74, 6) is 2.68. The number of piperidine rings is 1. The van der Waals surface area contributed by atoms with E-state index in [2.05, 4.69) is 35.8 Å². The fraction of sp³-hybridized carbons (Fsp3) is 0.739. The summed E-state index contributed by atoms with van der Waals surface area (Å²) in [6.07, 6.45) is 12.5. The van der Waals surface area contributed by atoms with Crippen LogP contribution in [0.25, 0.3) is 0 Å². The first-order valence-electron chi connectivity index (χ1n) is 11.0. The van der Waals surface area contributed by atoms with Crippen LogP contribution >= 0.6 is 0 Å². The zero-order valence-electron chi connectivity index (χ0n) is 16.4. The van der Waals surface area contributed by atoms with E-state index in [1.807, 2.05) is 0 Å². The molecule has 3 nitrogen and oxygen atoms in total. The van der Waals surface area contributed by atoms with Gasteiger partial charge in [0.1, 0.15) is 11.9 Å². The lowest BCUT2D eigenvalue weighted by atomic mass is 9.81. The van der Waals surface area contributed by atoms with Crippen LogP contribution in [0, 0.1) is 11.8 Å². The van der Waals surface area contributed by atoms with Gasteiger partial charge < -0.3 is 15.4 Å². The Balaban J connectivity index is 1.34. The summed E-state index contributed by atoms with van der Waals surface area (Å²) in [5.41, 5.74) is 2.82. The Kier molecular flexibility index (Phi) is 6.16. The Labute approximate surface area is 159 Å². The lowest BCUT2D eigenvalue weighted by Crippen LogP contribution is -2.39. The normalized spacial score (nSPS) is 27.7. The van der Waals surface area contributed by atoms with Gasteiger partial charge >= 0.3 is 0 Å². The molecule has 0 spiro atoms. The van der Waals surface area contributed by atoms with Crippen LogP contribution in [-0.4, -0.2) is 25.2 Å². The Morgan fingerprint density at radius 2 is 1.88 bits per heavy atom. The molecule has 2 heterocycles. The molecule has 1 aromatic carbocycles. The Hall–Kier alpha value is -1.06. The van der Waals surface area contributed by atoms with E-state index in [1.165, 1.54) is 68.9 Å². The average Bonchev–Trinajstić information content (AvgIpc) is 2.68. The van der Waals surface area contributed by atoms with Crippen molar-refractivity contribution in [3.8, 4) is 5.75 Å². The molecule has 0 amide bonds. The van der Waals surface area contributed by atoms with E-state index in [9.17, 15) is 0 Å². The number of hydrogen-bond donors (Lipinski definition) is 2. The third-order valence-electron chi connectivity index (χ3n) is 6.80. The molecule has 3 heteroatoms. The Morgan fingerprint density at radius 3 is 2.69 bits per heavy atom. The van der Waals surface area contributed by atoms with Crippen molar-refractivity contribution in [2.45, 2.75) is 83.4 Å². The van der Waals surface area contributed by atoms with Gasteiger partial charge in [-0.15, -0.1) is 0 Å². The highest BCUT2D eigenvalue weighted by Gasteiger charge is 2.29. The van der Waals surface area contributed by atoms with Gasteiger partial charge in [0.05, 0.1) is 0 Å². The molecule has 144 valence electrons. The van der Waals surface area contributed by atoms with Gasteiger partial charge in [-0.2, -0.15) is 0 Å². The highest BCUT2D eigenvalue weighted by molar-refractivity contribution is 5.39. The molecule has 0 aromatic heterocycles. The topological polar surface area (TPSA) is 33.3 Å². The van der Waals surface area contributed by atoms with Crippen molar-refractivity contribution in [1.82, 2.24) is 10.6 Å². The first-order chi connectivity index (χ1) is 12.8. The highest BCUT2D eigenvalue weighted by Crippen LogP contribution is 2.36. The molecule has 0 bridgehead atoms. The minimum atomic E-state index is 0.421. The van der Waals surface area contributed by atoms with Crippen LogP contribution < -0.4 is 15.4 Å². The number of nitrogens with one attached hydrogen (secondary N) is 2. The monoisotopic (exact) mass is 356 g/mol. The predicted octanol–water partition coefficient (Wildman–Crippen LogP) is 4.44. The van der Waals surface area contributed by atoms with Gasteiger partial charge in [0.25, 0.3) is 0 Å². The van der Waals surface area contributed by atoms with Crippen molar-refractivity contribution in [3.05, 3.63) is 29.3 Å². The van der Waals surface area contributed by atoms with Gasteiger partial charge in [-0.05, 0) is 67.8 Å². The van der Waals surface area contributed by atoms with Crippen LogP contribution in [0.5, 0.6) is 5.75 Å². The van der Waals surface area contributed by atoms with Crippen molar-refractivity contribution in [1.29, 1.82) is 0 Å². The molecular formula is C23H36N2O. The van der Waals surface area contributed by atoms with Gasteiger partial charge in [0.2, 0.25) is 0 Å². The zero-order chi connectivity index (χ0) is 17.8. The van der Waals surface area contributed by atoms with Gasteiger partial charge in [0, 0.05) is 12.6 Å². The summed E-state index contributed by atoms with van der Waals surface area (Å²) in [6.45, 7) is 5.67. The lowest BCUT2D eigenvalue weighted by molar-refractivity contribution is 0.0881. The third kappa shape index (κ3) is 4.61. The maximum Gasteiger partial charge on any atom is 0.122 e. The third-order valence-corrected chi connectivity index (χ3v) is 6.80. The number of ether oxygens (including phenoxy) is 1. The number of fused-ring (bicyclic) bond motifs is 1. The molecule has 4 rings (SSSR count). The molecule has 0 radical (unpaired) electrons. The van der Waals surface area contributed by atoms with E-state index in [1.54, 1.807) is 0 Å². The van der Waals surface area contributed by atoms with E-state index < -0.39 is 0 Å². The molecule has 1 aliphatic carbocycles. The van der Waals surface area contributed by atoms with Crippen molar-refractivity contribution < 1.29 is 4.74 Å². The molecular weight excluding hydrogens is 320 g/mol. The fourth-order valence-corrected chi connectivity index (χ4v) is 5.09. The summed E-state index contributed by atoms with van der Waals surface area (Å²) < 4.78 is 6.47. The Morgan fingerprint density at radius 1 is 1.08 bits per heavy atom. The van der Waals surface area contributed by atoms with Crippen LogP contribution in [0.15, 0.2) is 18.2 Å². The van der Waals surface area contributed by atoms with E-state index in [0.29, 0.717) is 18.1 Å². The quantitative estimate of drug-likeness (QED) is 0.818. The fourth-order valence-electron chi connectivity index (χ4n) is 5.09. The minimum Gasteiger partial charge on any atom is -0.490 e. The largest absolute Gasteiger partial charge is 0.490 e. The van der Waals surface area contributed by atoms with Crippen LogP contribution in [0.2, 0.25) is 0 Å². The molecule has 2 fully saturated rings. The molecule has 26 heavy (non-hydrogen) atoms. The van der Waals surface area contributed by atoms with Gasteiger partial charge in [-0.3, -0.25) is 0 Å². The number of rotatable bonds is 5. The zero-order valence-corrected chi connectivity index (χ0v) is 16.4. The number of hydrogen-bond acceptors (Lipinski definition) is 3. The summed E-state index contributed by atoms with van der Waals surface area (Å²) in [4.78, 5) is 0. The van der Waals surface area contributed by atoms with Crippen LogP contribution in [0.4, 0.5) is 0 Å². The average molecular weight is 357 g/mol. The van der Waals surface area contributed by atoms with Crippen molar-refractivity contribution in [3.63, 3.8) is 0 Å². The molecule has 2 N–H and O–H groups in total. The summed E-state index contributed by atoms with van der Waals surface area (Å²) >= 11 is 0. The second-order valence-electron chi connectivity index (χ2n) is 8.92. The van der Waals surface area contributed by atoms with Crippen molar-refractivity contribution >= 4 is 0 Å². The van der Waals surface area contributed by atoms with Crippen LogP contribution in [-0.2, 0) is 13.0 Å². The second kappa shape index (κ2) is 8.75. The van der Waals surface area contributed by atoms with Crippen LogP contribution in [0.1, 0.15) is 69.4 Å². The minimum absolute atomic E-state index is 0.421.